The molecule has 0 radical (unpaired) electrons. The molecule has 3 heterocycles. The molecule has 0 atom stereocenters. The van der Waals surface area contributed by atoms with E-state index in [2.05, 4.69) is 15.1 Å². The van der Waals surface area contributed by atoms with Gasteiger partial charge in [0.05, 0.1) is 16.4 Å². The summed E-state index contributed by atoms with van der Waals surface area (Å²) < 4.78 is 6.52. The van der Waals surface area contributed by atoms with Gasteiger partial charge in [0.2, 0.25) is 4.96 Å². The van der Waals surface area contributed by atoms with Gasteiger partial charge in [-0.2, -0.15) is 9.61 Å². The van der Waals surface area contributed by atoms with Crippen LogP contribution in [0.25, 0.3) is 4.96 Å². The molecule has 0 bridgehead atoms. The van der Waals surface area contributed by atoms with Gasteiger partial charge in [0, 0.05) is 6.07 Å². The highest BCUT2D eigenvalue weighted by molar-refractivity contribution is 7.16. The molecule has 0 aliphatic heterocycles. The number of aryl methyl sites for hydroxylation is 3. The lowest BCUT2D eigenvalue weighted by molar-refractivity contribution is 0.0472. The Kier molecular flexibility index (Phi) is 4.22. The first-order chi connectivity index (χ1) is 11.0. The van der Waals surface area contributed by atoms with E-state index in [-0.39, 0.29) is 12.2 Å². The van der Waals surface area contributed by atoms with Crippen LogP contribution in [0.3, 0.4) is 0 Å². The second-order valence-electron chi connectivity index (χ2n) is 4.85. The third kappa shape index (κ3) is 3.15. The molecule has 0 aromatic carbocycles. The Balaban J connectivity index is 1.80. The molecule has 0 fully saturated rings. The fourth-order valence-electron chi connectivity index (χ4n) is 2.04. The van der Waals surface area contributed by atoms with Crippen molar-refractivity contribution in [2.75, 3.05) is 0 Å². The van der Waals surface area contributed by atoms with Crippen molar-refractivity contribution in [3.63, 3.8) is 0 Å². The third-order valence-corrected chi connectivity index (χ3v) is 5.19. The zero-order chi connectivity index (χ0) is 16.6. The molecule has 7 nitrogen and oxygen atoms in total. The van der Waals surface area contributed by atoms with Crippen molar-refractivity contribution in [1.29, 1.82) is 0 Å². The summed E-state index contributed by atoms with van der Waals surface area (Å²) in [7, 11) is 0. The van der Waals surface area contributed by atoms with Gasteiger partial charge in [0.15, 0.2) is 0 Å². The molecule has 0 spiro atoms. The molecule has 0 unspecified atom stereocenters. The monoisotopic (exact) mass is 350 g/mol. The molecule has 120 valence electrons. The number of hydrogen-bond donors (Lipinski definition) is 0. The lowest BCUT2D eigenvalue weighted by Gasteiger charge is -2.03. The van der Waals surface area contributed by atoms with E-state index in [1.165, 1.54) is 33.3 Å². The van der Waals surface area contributed by atoms with Gasteiger partial charge >= 0.3 is 5.97 Å². The van der Waals surface area contributed by atoms with Crippen LogP contribution in [-0.4, -0.2) is 25.6 Å². The van der Waals surface area contributed by atoms with Crippen LogP contribution in [0, 0.1) is 13.8 Å². The minimum atomic E-state index is -0.450. The Hall–Kier alpha value is -2.13. The number of carbonyl (C=O) groups excluding carboxylic acids is 1. The molecule has 3 aromatic heterocycles. The van der Waals surface area contributed by atoms with E-state index in [9.17, 15) is 9.59 Å². The number of rotatable bonds is 4. The van der Waals surface area contributed by atoms with Crippen LogP contribution in [0.15, 0.2) is 10.9 Å². The topological polar surface area (TPSA) is 86.5 Å². The molecular formula is C14H14N4O3S2. The van der Waals surface area contributed by atoms with E-state index in [0.29, 0.717) is 21.2 Å². The number of carbonyl (C=O) groups is 1. The average molecular weight is 350 g/mol. The molecule has 3 rings (SSSR count). The van der Waals surface area contributed by atoms with Crippen molar-refractivity contribution in [3.05, 3.63) is 42.7 Å². The maximum absolute atomic E-state index is 12.1. The Morgan fingerprint density at radius 3 is 2.74 bits per heavy atom. The fraction of sp³-hybridized carbons (Fsp3) is 0.357. The molecule has 9 heteroatoms. The first-order valence-corrected chi connectivity index (χ1v) is 8.61. The summed E-state index contributed by atoms with van der Waals surface area (Å²) in [6.45, 7) is 5.51. The summed E-state index contributed by atoms with van der Waals surface area (Å²) in [6, 6.07) is 1.34. The predicted octanol–water partition coefficient (Wildman–Crippen LogP) is 2.14. The van der Waals surface area contributed by atoms with Crippen LogP contribution in [0.1, 0.15) is 38.0 Å². The minimum absolute atomic E-state index is 0.0552. The number of nitrogens with zero attached hydrogens (tertiary/aromatic N) is 4. The lowest BCUT2D eigenvalue weighted by Crippen LogP contribution is -2.16. The second kappa shape index (κ2) is 6.17. The molecule has 0 aliphatic rings. The van der Waals surface area contributed by atoms with Gasteiger partial charge < -0.3 is 4.74 Å². The van der Waals surface area contributed by atoms with Gasteiger partial charge in [-0.15, -0.1) is 11.3 Å². The number of ether oxygens (including phenoxy) is 1. The first kappa shape index (κ1) is 15.8. The summed E-state index contributed by atoms with van der Waals surface area (Å²) in [5.74, 6) is -0.450. The standard InChI is InChI=1S/C14H14N4O3S2/c1-4-10-17-18-11(19)5-9(16-14(18)23-10)6-21-13(20)12-7(2)15-8(3)22-12/h5H,4,6H2,1-3H3. The molecule has 3 aromatic rings. The highest BCUT2D eigenvalue weighted by Crippen LogP contribution is 2.19. The van der Waals surface area contributed by atoms with Crippen LogP contribution in [-0.2, 0) is 17.8 Å². The first-order valence-electron chi connectivity index (χ1n) is 6.97. The van der Waals surface area contributed by atoms with E-state index in [4.69, 9.17) is 4.74 Å². The molecule has 0 aliphatic carbocycles. The van der Waals surface area contributed by atoms with Crippen molar-refractivity contribution in [1.82, 2.24) is 19.6 Å². The van der Waals surface area contributed by atoms with Crippen LogP contribution in [0.5, 0.6) is 0 Å². The quantitative estimate of drug-likeness (QED) is 0.670. The predicted molar refractivity (Wildman–Crippen MR) is 87.2 cm³/mol. The van der Waals surface area contributed by atoms with Gasteiger partial charge in [0.25, 0.3) is 5.56 Å². The Bertz CT molecular complexity index is 941. The van der Waals surface area contributed by atoms with Crippen molar-refractivity contribution in [3.8, 4) is 0 Å². The summed E-state index contributed by atoms with van der Waals surface area (Å²) in [5.41, 5.74) is 0.784. The normalized spacial score (nSPS) is 11.1. The van der Waals surface area contributed by atoms with Gasteiger partial charge in [-0.25, -0.2) is 14.8 Å². The molecule has 0 N–H and O–H groups in total. The van der Waals surface area contributed by atoms with Crippen LogP contribution >= 0.6 is 22.7 Å². The SMILES string of the molecule is CCc1nn2c(=O)cc(COC(=O)c3sc(C)nc3C)nc2s1. The molecular weight excluding hydrogens is 336 g/mol. The summed E-state index contributed by atoms with van der Waals surface area (Å²) in [4.78, 5) is 33.6. The Morgan fingerprint density at radius 1 is 1.30 bits per heavy atom. The fourth-order valence-corrected chi connectivity index (χ4v) is 3.71. The largest absolute Gasteiger partial charge is 0.455 e. The molecule has 0 amide bonds. The zero-order valence-electron chi connectivity index (χ0n) is 12.8. The van der Waals surface area contributed by atoms with Gasteiger partial charge in [-0.1, -0.05) is 18.3 Å². The van der Waals surface area contributed by atoms with Crippen molar-refractivity contribution >= 4 is 33.6 Å². The highest BCUT2D eigenvalue weighted by atomic mass is 32.1. The number of aromatic nitrogens is 4. The van der Waals surface area contributed by atoms with E-state index in [1.807, 2.05) is 13.8 Å². The van der Waals surface area contributed by atoms with Crippen molar-refractivity contribution in [2.45, 2.75) is 33.8 Å². The number of thiazole rings is 1. The van der Waals surface area contributed by atoms with E-state index in [0.717, 1.165) is 16.4 Å². The smallest absolute Gasteiger partial charge is 0.350 e. The molecule has 0 saturated heterocycles. The third-order valence-electron chi connectivity index (χ3n) is 3.08. The number of hydrogen-bond acceptors (Lipinski definition) is 8. The summed E-state index contributed by atoms with van der Waals surface area (Å²) in [6.07, 6.45) is 0.738. The number of esters is 1. The van der Waals surface area contributed by atoms with Crippen LogP contribution in [0.2, 0.25) is 0 Å². The van der Waals surface area contributed by atoms with Crippen LogP contribution in [0.4, 0.5) is 0 Å². The maximum Gasteiger partial charge on any atom is 0.350 e. The van der Waals surface area contributed by atoms with Gasteiger partial charge in [-0.3, -0.25) is 4.79 Å². The van der Waals surface area contributed by atoms with Gasteiger partial charge in [-0.05, 0) is 20.3 Å². The van der Waals surface area contributed by atoms with Crippen molar-refractivity contribution < 1.29 is 9.53 Å². The second-order valence-corrected chi connectivity index (χ2v) is 7.10. The average Bonchev–Trinajstić information content (AvgIpc) is 3.07. The molecule has 23 heavy (non-hydrogen) atoms. The highest BCUT2D eigenvalue weighted by Gasteiger charge is 2.16. The maximum atomic E-state index is 12.1. The zero-order valence-corrected chi connectivity index (χ0v) is 14.5. The van der Waals surface area contributed by atoms with Gasteiger partial charge in [0.1, 0.15) is 16.5 Å². The van der Waals surface area contributed by atoms with Crippen LogP contribution < -0.4 is 5.56 Å². The molecule has 0 saturated carbocycles. The van der Waals surface area contributed by atoms with E-state index in [1.54, 1.807) is 6.92 Å². The Morgan fingerprint density at radius 2 is 2.09 bits per heavy atom. The minimum Gasteiger partial charge on any atom is -0.455 e. The van der Waals surface area contributed by atoms with Crippen molar-refractivity contribution in [2.24, 2.45) is 0 Å². The number of fused-ring (bicyclic) bond motifs is 1. The summed E-state index contributed by atoms with van der Waals surface area (Å²) in [5, 5.41) is 5.82. The summed E-state index contributed by atoms with van der Waals surface area (Å²) >= 11 is 2.64. The lowest BCUT2D eigenvalue weighted by atomic mass is 10.4. The Labute approximate surface area is 139 Å². The van der Waals surface area contributed by atoms with E-state index >= 15 is 0 Å². The van der Waals surface area contributed by atoms with E-state index < -0.39 is 5.97 Å².